The lowest BCUT2D eigenvalue weighted by Crippen LogP contribution is -2.42. The first-order chi connectivity index (χ1) is 14.9. The van der Waals surface area contributed by atoms with Gasteiger partial charge in [-0.2, -0.15) is 17.7 Å². The highest BCUT2D eigenvalue weighted by molar-refractivity contribution is 7.81. The number of Topliss-reactive ketones (excluding diaryl/α,β-unsaturated/α-hetero) is 1. The number of allylic oxidation sites excluding steroid dienone is 1. The number of likely N-dealkylation sites (tertiary alicyclic amines) is 1. The number of halogens is 1. The number of carbonyl (C=O) groups is 2. The van der Waals surface area contributed by atoms with Gasteiger partial charge in [0.05, 0.1) is 25.2 Å². The molecule has 2 aliphatic rings. The van der Waals surface area contributed by atoms with Gasteiger partial charge in [0.1, 0.15) is 5.82 Å². The summed E-state index contributed by atoms with van der Waals surface area (Å²) in [5, 5.41) is 13.2. The first kappa shape index (κ1) is 21.8. The van der Waals surface area contributed by atoms with Gasteiger partial charge in [0.25, 0.3) is 0 Å². The van der Waals surface area contributed by atoms with Crippen molar-refractivity contribution in [3.8, 4) is 0 Å². The van der Waals surface area contributed by atoms with E-state index in [0.717, 1.165) is 24.8 Å². The van der Waals surface area contributed by atoms with Crippen LogP contribution in [0.3, 0.4) is 0 Å². The quantitative estimate of drug-likeness (QED) is 0.484. The van der Waals surface area contributed by atoms with Gasteiger partial charge in [-0.05, 0) is 30.9 Å². The number of hydrogen-bond donors (Lipinski definition) is 2. The molecule has 2 heterocycles. The van der Waals surface area contributed by atoms with E-state index < -0.39 is 12.0 Å². The predicted molar refractivity (Wildman–Crippen MR) is 117 cm³/mol. The molecule has 0 bridgehead atoms. The fraction of sp³-hybridized carbons (Fsp3) is 0.435. The third-order valence-electron chi connectivity index (χ3n) is 5.90. The summed E-state index contributed by atoms with van der Waals surface area (Å²) in [4.78, 5) is 26.0. The number of carboxylic acid groups (broad SMARTS) is 1. The van der Waals surface area contributed by atoms with Gasteiger partial charge in [0, 0.05) is 41.6 Å². The van der Waals surface area contributed by atoms with E-state index in [4.69, 9.17) is 17.7 Å². The summed E-state index contributed by atoms with van der Waals surface area (Å²) in [6, 6.07) is 5.97. The number of carbonyl (C=O) groups excluding carboxylic acids is 1. The molecule has 2 aromatic rings. The van der Waals surface area contributed by atoms with Gasteiger partial charge in [-0.1, -0.05) is 24.3 Å². The third-order valence-corrected chi connectivity index (χ3v) is 6.49. The number of carboxylic acids is 1. The zero-order chi connectivity index (χ0) is 22.0. The number of hydrogen-bond acceptors (Lipinski definition) is 5. The molecule has 1 aliphatic heterocycles. The molecule has 0 spiro atoms. The van der Waals surface area contributed by atoms with Gasteiger partial charge in [-0.3, -0.25) is 19.2 Å². The molecule has 31 heavy (non-hydrogen) atoms. The summed E-state index contributed by atoms with van der Waals surface area (Å²) in [5.41, 5.74) is 2.16. The Morgan fingerprint density at radius 2 is 2.06 bits per heavy atom. The van der Waals surface area contributed by atoms with Crippen molar-refractivity contribution in [3.05, 3.63) is 65.3 Å². The Hall–Kier alpha value is -2.45. The fourth-order valence-electron chi connectivity index (χ4n) is 4.11. The number of aromatic nitrogens is 2. The first-order valence-corrected chi connectivity index (χ1v) is 11.1. The van der Waals surface area contributed by atoms with Crippen molar-refractivity contribution in [2.24, 2.45) is 5.92 Å². The molecule has 6 nitrogen and oxygen atoms in total. The topological polar surface area (TPSA) is 75.4 Å². The van der Waals surface area contributed by atoms with E-state index in [1.165, 1.54) is 6.07 Å². The average molecular weight is 444 g/mol. The molecule has 1 aromatic carbocycles. The lowest BCUT2D eigenvalue weighted by Gasteiger charge is -2.37. The van der Waals surface area contributed by atoms with Gasteiger partial charge in [-0.25, -0.2) is 4.39 Å². The zero-order valence-electron chi connectivity index (χ0n) is 17.2. The largest absolute Gasteiger partial charge is 0.481 e. The van der Waals surface area contributed by atoms with E-state index in [1.807, 2.05) is 6.08 Å². The summed E-state index contributed by atoms with van der Waals surface area (Å²) < 4.78 is 16.3. The number of rotatable bonds is 8. The van der Waals surface area contributed by atoms with Crippen molar-refractivity contribution < 1.29 is 19.1 Å². The fourth-order valence-corrected chi connectivity index (χ4v) is 4.42. The summed E-state index contributed by atoms with van der Waals surface area (Å²) in [7, 11) is 0. The van der Waals surface area contributed by atoms with Gasteiger partial charge in [0.15, 0.2) is 5.78 Å². The smallest absolute Gasteiger partial charge is 0.307 e. The lowest BCUT2D eigenvalue weighted by molar-refractivity contribution is -0.136. The Morgan fingerprint density at radius 3 is 2.77 bits per heavy atom. The molecule has 8 heteroatoms. The molecule has 1 saturated heterocycles. The molecule has 2 atom stereocenters. The van der Waals surface area contributed by atoms with Crippen molar-refractivity contribution in [2.45, 2.75) is 43.5 Å². The highest BCUT2D eigenvalue weighted by Crippen LogP contribution is 2.39. The van der Waals surface area contributed by atoms with Crippen molar-refractivity contribution in [1.82, 2.24) is 14.7 Å². The molecule has 1 saturated carbocycles. The van der Waals surface area contributed by atoms with E-state index in [0.29, 0.717) is 30.8 Å². The minimum atomic E-state index is -0.893. The molecule has 2 fully saturated rings. The van der Waals surface area contributed by atoms with Crippen LogP contribution in [0, 0.1) is 11.7 Å². The van der Waals surface area contributed by atoms with Crippen molar-refractivity contribution >= 4 is 24.4 Å². The van der Waals surface area contributed by atoms with Gasteiger partial charge < -0.3 is 5.11 Å². The monoisotopic (exact) mass is 443 g/mol. The van der Waals surface area contributed by atoms with E-state index in [9.17, 15) is 14.0 Å². The number of aliphatic carboxylic acids is 1. The van der Waals surface area contributed by atoms with Crippen LogP contribution in [0.4, 0.5) is 4.39 Å². The Balaban J connectivity index is 1.52. The number of piperidine rings is 1. The molecule has 0 radical (unpaired) electrons. The Kier molecular flexibility index (Phi) is 6.57. The molecule has 164 valence electrons. The molecule has 0 amide bonds. The summed E-state index contributed by atoms with van der Waals surface area (Å²) in [6.45, 7) is 1.70. The highest BCUT2D eigenvalue weighted by Gasteiger charge is 2.40. The van der Waals surface area contributed by atoms with Crippen molar-refractivity contribution in [1.29, 1.82) is 0 Å². The van der Waals surface area contributed by atoms with E-state index in [-0.39, 0.29) is 29.2 Å². The van der Waals surface area contributed by atoms with Gasteiger partial charge in [0.2, 0.25) is 0 Å². The number of nitrogens with zero attached hydrogens (tertiary/aromatic N) is 3. The van der Waals surface area contributed by atoms with E-state index in [2.05, 4.69) is 10.00 Å². The third kappa shape index (κ3) is 5.25. The van der Waals surface area contributed by atoms with Crippen LogP contribution < -0.4 is 0 Å². The zero-order valence-corrected chi connectivity index (χ0v) is 18.0. The minimum Gasteiger partial charge on any atom is -0.481 e. The van der Waals surface area contributed by atoms with Crippen LogP contribution in [-0.4, -0.2) is 49.9 Å². The second-order valence-corrected chi connectivity index (χ2v) is 8.92. The SMILES string of the molecule is O=C(O)Cc1cnn(CC=C2CN(C(C(=O)C3CC3)c3ccccc3F)CCC2S)c1. The Bertz CT molecular complexity index is 1000. The standard InChI is InChI=1S/C23H26FN3O3S/c24-19-4-2-1-3-18(19)22(23(30)16-5-6-16)26-9-8-20(31)17(14-26)7-10-27-13-15(12-25-27)11-21(28)29/h1-4,7,12-13,16,20,22,31H,5-6,8-11,14H2,(H,28,29). The second-order valence-electron chi connectivity index (χ2n) is 8.30. The van der Waals surface area contributed by atoms with Crippen LogP contribution in [0.5, 0.6) is 0 Å². The first-order valence-electron chi connectivity index (χ1n) is 10.5. The maximum atomic E-state index is 14.6. The maximum Gasteiger partial charge on any atom is 0.307 e. The Morgan fingerprint density at radius 1 is 1.29 bits per heavy atom. The van der Waals surface area contributed by atoms with E-state index >= 15 is 0 Å². The maximum absolute atomic E-state index is 14.6. The van der Waals surface area contributed by atoms with Crippen molar-refractivity contribution in [2.75, 3.05) is 13.1 Å². The van der Waals surface area contributed by atoms with E-state index in [1.54, 1.807) is 35.3 Å². The molecule has 1 N–H and O–H groups in total. The second kappa shape index (κ2) is 9.36. The van der Waals surface area contributed by atoms with Crippen LogP contribution in [0.15, 0.2) is 48.3 Å². The molecule has 1 aliphatic carbocycles. The summed E-state index contributed by atoms with van der Waals surface area (Å²) >= 11 is 4.71. The summed E-state index contributed by atoms with van der Waals surface area (Å²) in [6.07, 6.45) is 7.77. The molecule has 1 aromatic heterocycles. The normalized spacial score (nSPS) is 21.9. The minimum absolute atomic E-state index is 0.0301. The molecule has 4 rings (SSSR count). The van der Waals surface area contributed by atoms with Crippen LogP contribution in [0.2, 0.25) is 0 Å². The molecule has 2 unspecified atom stereocenters. The van der Waals surface area contributed by atoms with Crippen LogP contribution in [0.1, 0.15) is 36.4 Å². The predicted octanol–water partition coefficient (Wildman–Crippen LogP) is 3.30. The van der Waals surface area contributed by atoms with Crippen LogP contribution in [-0.2, 0) is 22.6 Å². The number of benzene rings is 1. The molecular weight excluding hydrogens is 417 g/mol. The van der Waals surface area contributed by atoms with Gasteiger partial charge in [-0.15, -0.1) is 0 Å². The summed E-state index contributed by atoms with van der Waals surface area (Å²) in [5.74, 6) is -1.10. The highest BCUT2D eigenvalue weighted by atomic mass is 32.1. The van der Waals surface area contributed by atoms with Gasteiger partial charge >= 0.3 is 5.97 Å². The number of thiol groups is 1. The van der Waals surface area contributed by atoms with Crippen LogP contribution >= 0.6 is 12.6 Å². The molecular formula is C23H26FN3O3S. The number of ketones is 1. The van der Waals surface area contributed by atoms with Crippen LogP contribution in [0.25, 0.3) is 0 Å². The Labute approximate surface area is 186 Å². The average Bonchev–Trinajstić information content (AvgIpc) is 3.50. The van der Waals surface area contributed by atoms with Crippen molar-refractivity contribution in [3.63, 3.8) is 0 Å². The lowest BCUT2D eigenvalue weighted by atomic mass is 9.93.